The third-order valence-electron chi connectivity index (χ3n) is 6.26. The van der Waals surface area contributed by atoms with Crippen molar-refractivity contribution in [2.75, 3.05) is 38.5 Å². The molecule has 2 N–H and O–H groups in total. The molecule has 2 aromatic heterocycles. The van der Waals surface area contributed by atoms with Gasteiger partial charge in [-0.05, 0) is 26.3 Å². The van der Waals surface area contributed by atoms with Gasteiger partial charge >= 0.3 is 0 Å². The van der Waals surface area contributed by atoms with Gasteiger partial charge in [-0.15, -0.1) is 0 Å². The molecule has 1 aromatic carbocycles. The number of amides is 1. The van der Waals surface area contributed by atoms with Gasteiger partial charge in [0.25, 0.3) is 0 Å². The van der Waals surface area contributed by atoms with Gasteiger partial charge in [0.05, 0.1) is 5.39 Å². The molecule has 0 bridgehead atoms. The highest BCUT2D eigenvalue weighted by molar-refractivity contribution is 5.98. The molecule has 0 aliphatic carbocycles. The summed E-state index contributed by atoms with van der Waals surface area (Å²) in [6, 6.07) is 8.31. The van der Waals surface area contributed by atoms with Crippen molar-refractivity contribution >= 4 is 22.8 Å². The number of benzene rings is 1. The third-order valence-corrected chi connectivity index (χ3v) is 6.26. The highest BCUT2D eigenvalue weighted by Gasteiger charge is 2.19. The van der Waals surface area contributed by atoms with Crippen molar-refractivity contribution < 1.29 is 4.79 Å². The Morgan fingerprint density at radius 2 is 1.72 bits per heavy atom. The second-order valence-electron chi connectivity index (χ2n) is 8.53. The van der Waals surface area contributed by atoms with E-state index in [1.54, 1.807) is 0 Å². The van der Waals surface area contributed by atoms with E-state index in [1.165, 1.54) is 11.9 Å². The van der Waals surface area contributed by atoms with Crippen LogP contribution >= 0.6 is 0 Å². The number of carbonyl (C=O) groups is 1. The first kappa shape index (κ1) is 22.2. The van der Waals surface area contributed by atoms with Gasteiger partial charge in [0.2, 0.25) is 5.91 Å². The molecule has 0 spiro atoms. The van der Waals surface area contributed by atoms with Gasteiger partial charge in [-0.2, -0.15) is 5.10 Å². The first-order valence-electron chi connectivity index (χ1n) is 11.6. The number of hydrogen-bond acceptors (Lipinski definition) is 6. The predicted octanol–water partition coefficient (Wildman–Crippen LogP) is 3.11. The Balaban J connectivity index is 1.33. The normalized spacial score (nSPS) is 14.9. The van der Waals surface area contributed by atoms with Gasteiger partial charge in [-0.1, -0.05) is 43.2 Å². The molecule has 8 nitrogen and oxygen atoms in total. The van der Waals surface area contributed by atoms with Crippen molar-refractivity contribution in [2.45, 2.75) is 46.1 Å². The largest absolute Gasteiger partial charge is 0.383 e. The molecule has 3 aromatic rings. The van der Waals surface area contributed by atoms with Crippen molar-refractivity contribution in [3.63, 3.8) is 0 Å². The molecule has 4 rings (SSSR count). The summed E-state index contributed by atoms with van der Waals surface area (Å²) in [6.45, 7) is 9.56. The SMILES string of the molecule is CCC(=O)N1CCN(CCCCCn2nc(-c3ccc(C)cc3)c3c(N)ncnc32)CC1. The number of anilines is 1. The molecule has 0 atom stereocenters. The lowest BCUT2D eigenvalue weighted by atomic mass is 10.1. The molecule has 1 amide bonds. The maximum Gasteiger partial charge on any atom is 0.222 e. The number of nitrogens with zero attached hydrogens (tertiary/aromatic N) is 6. The van der Waals surface area contributed by atoms with Crippen LogP contribution < -0.4 is 5.73 Å². The van der Waals surface area contributed by atoms with Gasteiger partial charge in [-0.25, -0.2) is 14.6 Å². The van der Waals surface area contributed by atoms with Crippen LogP contribution in [0.5, 0.6) is 0 Å². The number of carbonyl (C=O) groups excluding carboxylic acids is 1. The van der Waals surface area contributed by atoms with Crippen LogP contribution in [0.25, 0.3) is 22.3 Å². The Labute approximate surface area is 189 Å². The van der Waals surface area contributed by atoms with E-state index < -0.39 is 0 Å². The fraction of sp³-hybridized carbons (Fsp3) is 0.500. The second-order valence-corrected chi connectivity index (χ2v) is 8.53. The van der Waals surface area contributed by atoms with Crippen molar-refractivity contribution in [1.82, 2.24) is 29.5 Å². The molecule has 32 heavy (non-hydrogen) atoms. The van der Waals surface area contributed by atoms with Gasteiger partial charge in [0, 0.05) is 44.7 Å². The molecule has 0 radical (unpaired) electrons. The summed E-state index contributed by atoms with van der Waals surface area (Å²) in [6.07, 6.45) is 5.41. The standard InChI is InChI=1S/C24H33N7O/c1-3-20(32)30-15-13-29(14-16-30)11-5-4-6-12-31-24-21(23(25)26-17-27-24)22(28-31)19-9-7-18(2)8-10-19/h7-10,17H,3-6,11-16H2,1-2H3,(H2,25,26,27). The number of piperazine rings is 1. The van der Waals surface area contributed by atoms with Gasteiger partial charge in [0.15, 0.2) is 5.65 Å². The molecule has 1 fully saturated rings. The Bertz CT molecular complexity index is 1050. The average molecular weight is 436 g/mol. The Morgan fingerprint density at radius 1 is 1.00 bits per heavy atom. The number of aromatic nitrogens is 4. The highest BCUT2D eigenvalue weighted by Crippen LogP contribution is 2.30. The van der Waals surface area contributed by atoms with Crippen LogP contribution in [0.4, 0.5) is 5.82 Å². The molecule has 8 heteroatoms. The van der Waals surface area contributed by atoms with Crippen LogP contribution in [-0.2, 0) is 11.3 Å². The van der Waals surface area contributed by atoms with Crippen LogP contribution in [0.1, 0.15) is 38.2 Å². The van der Waals surface area contributed by atoms with E-state index in [2.05, 4.69) is 46.1 Å². The quantitative estimate of drug-likeness (QED) is 0.547. The molecule has 1 aliphatic heterocycles. The van der Waals surface area contributed by atoms with Crippen molar-refractivity contribution in [1.29, 1.82) is 0 Å². The van der Waals surface area contributed by atoms with Crippen LogP contribution in [0.2, 0.25) is 0 Å². The molecule has 0 saturated carbocycles. The minimum absolute atomic E-state index is 0.269. The van der Waals surface area contributed by atoms with Crippen LogP contribution in [0.15, 0.2) is 30.6 Å². The first-order chi connectivity index (χ1) is 15.6. The molecule has 1 aliphatic rings. The molecule has 1 saturated heterocycles. The van der Waals surface area contributed by atoms with Gasteiger partial charge in [0.1, 0.15) is 17.8 Å². The monoisotopic (exact) mass is 435 g/mol. The summed E-state index contributed by atoms with van der Waals surface area (Å²) < 4.78 is 1.97. The number of unbranched alkanes of at least 4 members (excludes halogenated alkanes) is 2. The number of rotatable bonds is 8. The van der Waals surface area contributed by atoms with Crippen molar-refractivity contribution in [3.8, 4) is 11.3 Å². The molecule has 170 valence electrons. The smallest absolute Gasteiger partial charge is 0.222 e. The zero-order valence-corrected chi connectivity index (χ0v) is 19.1. The fourth-order valence-electron chi connectivity index (χ4n) is 4.32. The van der Waals surface area contributed by atoms with Crippen molar-refractivity contribution in [2.24, 2.45) is 0 Å². The Morgan fingerprint density at radius 3 is 2.44 bits per heavy atom. The lowest BCUT2D eigenvalue weighted by Gasteiger charge is -2.34. The Kier molecular flexibility index (Phi) is 6.99. The summed E-state index contributed by atoms with van der Waals surface area (Å²) in [7, 11) is 0. The molecule has 0 unspecified atom stereocenters. The van der Waals surface area contributed by atoms with E-state index >= 15 is 0 Å². The minimum atomic E-state index is 0.269. The van der Waals surface area contributed by atoms with Crippen LogP contribution in [0, 0.1) is 6.92 Å². The summed E-state index contributed by atoms with van der Waals surface area (Å²) in [5.74, 6) is 0.739. The zero-order chi connectivity index (χ0) is 22.5. The third kappa shape index (κ3) is 4.91. The van der Waals surface area contributed by atoms with Crippen LogP contribution in [0.3, 0.4) is 0 Å². The lowest BCUT2D eigenvalue weighted by molar-refractivity contribution is -0.132. The maximum absolute atomic E-state index is 11.8. The van der Waals surface area contributed by atoms with Gasteiger partial charge in [-0.3, -0.25) is 9.69 Å². The summed E-state index contributed by atoms with van der Waals surface area (Å²) >= 11 is 0. The summed E-state index contributed by atoms with van der Waals surface area (Å²) in [5, 5.41) is 5.69. The Hall–Kier alpha value is -3.00. The van der Waals surface area contributed by atoms with Crippen LogP contribution in [-0.4, -0.2) is 68.2 Å². The molecular formula is C24H33N7O. The summed E-state index contributed by atoms with van der Waals surface area (Å²) in [5.41, 5.74) is 10.1. The van der Waals surface area contributed by atoms with Gasteiger partial charge < -0.3 is 10.6 Å². The topological polar surface area (TPSA) is 93.2 Å². The number of hydrogen-bond donors (Lipinski definition) is 1. The average Bonchev–Trinajstić information content (AvgIpc) is 3.19. The highest BCUT2D eigenvalue weighted by atomic mass is 16.2. The summed E-state index contributed by atoms with van der Waals surface area (Å²) in [4.78, 5) is 24.9. The first-order valence-corrected chi connectivity index (χ1v) is 11.6. The maximum atomic E-state index is 11.8. The second kappa shape index (κ2) is 10.1. The number of aryl methyl sites for hydroxylation is 2. The molecule has 3 heterocycles. The lowest BCUT2D eigenvalue weighted by Crippen LogP contribution is -2.48. The number of nitrogens with two attached hydrogens (primary N) is 1. The zero-order valence-electron chi connectivity index (χ0n) is 19.1. The van der Waals surface area contributed by atoms with E-state index in [-0.39, 0.29) is 5.91 Å². The van der Waals surface area contributed by atoms with E-state index in [0.29, 0.717) is 12.2 Å². The van der Waals surface area contributed by atoms with E-state index in [4.69, 9.17) is 10.8 Å². The van der Waals surface area contributed by atoms with E-state index in [1.807, 2.05) is 16.5 Å². The van der Waals surface area contributed by atoms with E-state index in [0.717, 1.165) is 80.8 Å². The number of nitrogen functional groups attached to an aromatic ring is 1. The van der Waals surface area contributed by atoms with E-state index in [9.17, 15) is 4.79 Å². The predicted molar refractivity (Wildman–Crippen MR) is 127 cm³/mol. The fourth-order valence-corrected chi connectivity index (χ4v) is 4.32. The minimum Gasteiger partial charge on any atom is -0.383 e. The number of fused-ring (bicyclic) bond motifs is 1. The molecular weight excluding hydrogens is 402 g/mol. The van der Waals surface area contributed by atoms with Crippen molar-refractivity contribution in [3.05, 3.63) is 36.2 Å².